The van der Waals surface area contributed by atoms with Gasteiger partial charge in [0.2, 0.25) is 0 Å². The van der Waals surface area contributed by atoms with E-state index in [1.807, 2.05) is 31.2 Å². The van der Waals surface area contributed by atoms with Crippen LogP contribution in [0.2, 0.25) is 0 Å². The average Bonchev–Trinajstić information content (AvgIpc) is 3.19. The molecule has 0 unspecified atom stereocenters. The molecule has 5 N–H and O–H groups in total. The molecular formula is C32H44N4O4. The van der Waals surface area contributed by atoms with Crippen molar-refractivity contribution in [1.82, 2.24) is 5.32 Å². The fraction of sp³-hybridized carbons (Fsp3) is 0.375. The summed E-state index contributed by atoms with van der Waals surface area (Å²) in [4.78, 5) is 32.8. The van der Waals surface area contributed by atoms with Crippen LogP contribution in [-0.2, 0) is 16.3 Å². The Labute approximate surface area is 238 Å². The van der Waals surface area contributed by atoms with E-state index in [2.05, 4.69) is 86.6 Å². The summed E-state index contributed by atoms with van der Waals surface area (Å²) in [7, 11) is 0. The number of carbonyl (C=O) groups is 2. The van der Waals surface area contributed by atoms with Gasteiger partial charge < -0.3 is 16.4 Å². The molecule has 2 amide bonds. The van der Waals surface area contributed by atoms with Gasteiger partial charge in [0, 0.05) is 17.9 Å². The lowest BCUT2D eigenvalue weighted by Crippen LogP contribution is -2.19. The van der Waals surface area contributed by atoms with Crippen molar-refractivity contribution in [3.8, 4) is 0 Å². The highest BCUT2D eigenvalue weighted by Crippen LogP contribution is 2.23. The van der Waals surface area contributed by atoms with E-state index < -0.39 is 0 Å². The van der Waals surface area contributed by atoms with Crippen molar-refractivity contribution in [2.45, 2.75) is 60.9 Å². The summed E-state index contributed by atoms with van der Waals surface area (Å²) in [6.45, 7) is 15.8. The number of anilines is 2. The second-order valence-electron chi connectivity index (χ2n) is 10.5. The number of nitrogens with one attached hydrogen (secondary N) is 3. The Morgan fingerprint density at radius 1 is 0.800 bits per heavy atom. The molecule has 8 heteroatoms. The third-order valence-corrected chi connectivity index (χ3v) is 5.82. The van der Waals surface area contributed by atoms with E-state index in [0.717, 1.165) is 28.4 Å². The zero-order chi connectivity index (χ0) is 29.7. The molecule has 216 valence electrons. The second kappa shape index (κ2) is 16.4. The van der Waals surface area contributed by atoms with Crippen LogP contribution in [0.1, 0.15) is 83.5 Å². The molecular weight excluding hydrogens is 504 g/mol. The van der Waals surface area contributed by atoms with E-state index in [1.165, 1.54) is 11.1 Å². The zero-order valence-electron chi connectivity index (χ0n) is 24.8. The molecule has 4 rings (SSSR count). The van der Waals surface area contributed by atoms with Gasteiger partial charge >= 0.3 is 0 Å². The van der Waals surface area contributed by atoms with Crippen molar-refractivity contribution in [3.05, 3.63) is 94.0 Å². The first-order valence-electron chi connectivity index (χ1n) is 13.6. The highest BCUT2D eigenvalue weighted by molar-refractivity contribution is 6.21. The first-order chi connectivity index (χ1) is 19.0. The van der Waals surface area contributed by atoms with Crippen molar-refractivity contribution in [1.29, 1.82) is 0 Å². The Bertz CT molecular complexity index is 1250. The summed E-state index contributed by atoms with van der Waals surface area (Å²) < 4.78 is 0. The maximum absolute atomic E-state index is 11.8. The summed E-state index contributed by atoms with van der Waals surface area (Å²) in [6, 6.07) is 19.6. The maximum atomic E-state index is 11.8. The van der Waals surface area contributed by atoms with Crippen LogP contribution in [-0.4, -0.2) is 25.3 Å². The van der Waals surface area contributed by atoms with Crippen LogP contribution in [0.4, 0.5) is 11.4 Å². The molecule has 1 aliphatic heterocycles. The largest absolute Gasteiger partial charge is 0.381 e. The zero-order valence-corrected chi connectivity index (χ0v) is 24.8. The van der Waals surface area contributed by atoms with Crippen molar-refractivity contribution < 1.29 is 19.4 Å². The number of rotatable bonds is 9. The van der Waals surface area contributed by atoms with Crippen molar-refractivity contribution >= 4 is 23.2 Å². The van der Waals surface area contributed by atoms with Crippen LogP contribution in [0.5, 0.6) is 0 Å². The molecule has 0 bridgehead atoms. The SMILES string of the molecule is CC(C)C.Cc1ccc(NCOOCN)cc1NCc1ccc2c(c1)C(=O)NC2=O.Cc1ccccc1C(C)C. The van der Waals surface area contributed by atoms with Crippen LogP contribution in [0.25, 0.3) is 0 Å². The predicted octanol–water partition coefficient (Wildman–Crippen LogP) is 6.51. The van der Waals surface area contributed by atoms with Gasteiger partial charge in [0.25, 0.3) is 11.8 Å². The Hall–Kier alpha value is -3.72. The van der Waals surface area contributed by atoms with Gasteiger partial charge in [-0.25, -0.2) is 9.78 Å². The third-order valence-electron chi connectivity index (χ3n) is 5.82. The van der Waals surface area contributed by atoms with Crippen LogP contribution < -0.4 is 21.7 Å². The fourth-order valence-electron chi connectivity index (χ4n) is 3.88. The molecule has 0 aliphatic carbocycles. The smallest absolute Gasteiger partial charge is 0.258 e. The minimum atomic E-state index is -0.353. The summed E-state index contributed by atoms with van der Waals surface area (Å²) >= 11 is 0. The topological polar surface area (TPSA) is 115 Å². The highest BCUT2D eigenvalue weighted by atomic mass is 17.2. The molecule has 0 spiro atoms. The monoisotopic (exact) mass is 548 g/mol. The van der Waals surface area contributed by atoms with Gasteiger partial charge in [-0.3, -0.25) is 14.9 Å². The van der Waals surface area contributed by atoms with Gasteiger partial charge in [0.1, 0.15) is 6.73 Å². The highest BCUT2D eigenvalue weighted by Gasteiger charge is 2.26. The molecule has 0 saturated heterocycles. The molecule has 1 aliphatic rings. The Kier molecular flexibility index (Phi) is 13.3. The normalized spacial score (nSPS) is 11.8. The molecule has 0 aromatic heterocycles. The fourth-order valence-corrected chi connectivity index (χ4v) is 3.88. The number of benzene rings is 3. The number of carbonyl (C=O) groups excluding carboxylic acids is 2. The average molecular weight is 549 g/mol. The summed E-state index contributed by atoms with van der Waals surface area (Å²) in [5.74, 6) is 0.787. The Morgan fingerprint density at radius 2 is 1.48 bits per heavy atom. The molecule has 0 saturated carbocycles. The molecule has 0 atom stereocenters. The molecule has 0 fully saturated rings. The van der Waals surface area contributed by atoms with Gasteiger partial charge in [-0.05, 0) is 72.2 Å². The van der Waals surface area contributed by atoms with Gasteiger partial charge in [0.15, 0.2) is 6.73 Å². The third kappa shape index (κ3) is 10.4. The predicted molar refractivity (Wildman–Crippen MR) is 162 cm³/mol. The second-order valence-corrected chi connectivity index (χ2v) is 10.5. The van der Waals surface area contributed by atoms with E-state index in [9.17, 15) is 9.59 Å². The van der Waals surface area contributed by atoms with Crippen molar-refractivity contribution in [2.75, 3.05) is 24.1 Å². The number of hydrogen-bond acceptors (Lipinski definition) is 7. The standard InChI is InChI=1S/C18H20N4O4.C10H14.C4H10/c1-11-2-4-13(21-10-26-25-9-19)7-16(11)20-8-12-3-5-14-15(6-12)18(24)22-17(14)23;1-8(2)10-7-5-4-6-9(10)3;1-4(2)3/h2-7,20-21H,8-10,19H2,1H3,(H,22,23,24);4-8H,1-3H3;4H,1-3H3. The lowest BCUT2D eigenvalue weighted by atomic mass is 9.99. The van der Waals surface area contributed by atoms with E-state index in [0.29, 0.717) is 23.6 Å². The lowest BCUT2D eigenvalue weighted by Gasteiger charge is -2.13. The molecule has 1 heterocycles. The summed E-state index contributed by atoms with van der Waals surface area (Å²) in [5.41, 5.74) is 12.6. The van der Waals surface area contributed by atoms with Gasteiger partial charge in [-0.1, -0.05) is 71.0 Å². The van der Waals surface area contributed by atoms with Crippen molar-refractivity contribution in [3.63, 3.8) is 0 Å². The van der Waals surface area contributed by atoms with E-state index in [1.54, 1.807) is 12.1 Å². The first-order valence-corrected chi connectivity index (χ1v) is 13.6. The Morgan fingerprint density at radius 3 is 2.10 bits per heavy atom. The summed E-state index contributed by atoms with van der Waals surface area (Å²) in [6.07, 6.45) is 0. The molecule has 8 nitrogen and oxygen atoms in total. The molecule has 40 heavy (non-hydrogen) atoms. The van der Waals surface area contributed by atoms with Crippen molar-refractivity contribution in [2.24, 2.45) is 11.7 Å². The number of fused-ring (bicyclic) bond motifs is 1. The Balaban J connectivity index is 0.000000330. The number of imide groups is 1. The quantitative estimate of drug-likeness (QED) is 0.0793. The van der Waals surface area contributed by atoms with E-state index in [-0.39, 0.29) is 25.3 Å². The number of amides is 2. The van der Waals surface area contributed by atoms with Gasteiger partial charge in [-0.2, -0.15) is 0 Å². The molecule has 3 aromatic rings. The lowest BCUT2D eigenvalue weighted by molar-refractivity contribution is -0.288. The first kappa shape index (κ1) is 32.5. The van der Waals surface area contributed by atoms with E-state index >= 15 is 0 Å². The van der Waals surface area contributed by atoms with Gasteiger partial charge in [0.05, 0.1) is 11.1 Å². The number of hydrogen-bond donors (Lipinski definition) is 4. The maximum Gasteiger partial charge on any atom is 0.258 e. The van der Waals surface area contributed by atoms with E-state index in [4.69, 9.17) is 10.6 Å². The van der Waals surface area contributed by atoms with Crippen LogP contribution in [0.3, 0.4) is 0 Å². The molecule has 0 radical (unpaired) electrons. The molecule has 3 aromatic carbocycles. The van der Waals surface area contributed by atoms with Crippen LogP contribution >= 0.6 is 0 Å². The number of nitrogens with two attached hydrogens (primary N) is 1. The van der Waals surface area contributed by atoms with Crippen LogP contribution in [0, 0.1) is 19.8 Å². The van der Waals surface area contributed by atoms with Gasteiger partial charge in [-0.15, -0.1) is 0 Å². The van der Waals surface area contributed by atoms with Crippen LogP contribution in [0.15, 0.2) is 60.7 Å². The minimum Gasteiger partial charge on any atom is -0.381 e. The summed E-state index contributed by atoms with van der Waals surface area (Å²) in [5, 5.41) is 8.69. The minimum absolute atomic E-state index is 0.00716. The number of aryl methyl sites for hydroxylation is 2.